The Kier molecular flexibility index (Phi) is 4.43. The molecule has 1 aliphatic heterocycles. The Morgan fingerprint density at radius 2 is 1.67 bits per heavy atom. The average Bonchev–Trinajstić information content (AvgIpc) is 2.94. The number of nitrogens with zero attached hydrogens (tertiary/aromatic N) is 2. The first-order valence-electron chi connectivity index (χ1n) is 9.23. The Labute approximate surface area is 165 Å². The molecule has 138 valence electrons. The molecule has 0 N–H and O–H groups in total. The quantitative estimate of drug-likeness (QED) is 0.501. The normalized spacial score (nSPS) is 16.3. The predicted octanol–water partition coefficient (Wildman–Crippen LogP) is 6.63. The Morgan fingerprint density at radius 1 is 1.00 bits per heavy atom. The van der Waals surface area contributed by atoms with Crippen LogP contribution < -0.4 is 0 Å². The maximum absolute atomic E-state index is 6.11. The van der Waals surface area contributed by atoms with E-state index in [0.29, 0.717) is 0 Å². The zero-order valence-electron chi connectivity index (χ0n) is 16.1. The van der Waals surface area contributed by atoms with E-state index in [1.807, 2.05) is 31.2 Å². The summed E-state index contributed by atoms with van der Waals surface area (Å²) in [7, 11) is 0. The lowest BCUT2D eigenvalue weighted by molar-refractivity contribution is 0.294. The molecule has 0 amide bonds. The third-order valence-corrected chi connectivity index (χ3v) is 5.10. The van der Waals surface area contributed by atoms with Gasteiger partial charge in [0.15, 0.2) is 5.76 Å². The lowest BCUT2D eigenvalue weighted by Gasteiger charge is -2.22. The molecule has 1 aliphatic rings. The second kappa shape index (κ2) is 6.65. The third-order valence-electron chi connectivity index (χ3n) is 4.85. The van der Waals surface area contributed by atoms with Crippen LogP contribution in [-0.2, 0) is 0 Å². The Balaban J connectivity index is 1.98. The van der Waals surface area contributed by atoms with Crippen LogP contribution in [0.4, 0.5) is 0 Å². The molecule has 0 fully saturated rings. The molecule has 0 spiro atoms. The minimum atomic E-state index is -0.0840. The number of aryl methyl sites for hydroxylation is 1. The average molecular weight is 379 g/mol. The van der Waals surface area contributed by atoms with Crippen molar-refractivity contribution in [1.82, 2.24) is 5.16 Å². The first-order chi connectivity index (χ1) is 12.8. The molecule has 4 rings (SSSR count). The molecule has 0 unspecified atom stereocenters. The maximum atomic E-state index is 6.11. The highest BCUT2D eigenvalue weighted by molar-refractivity contribution is 6.30. The Bertz CT molecular complexity index is 1010. The fraction of sp³-hybridized carbons (Fsp3) is 0.304. The molecule has 3 nitrogen and oxygen atoms in total. The van der Waals surface area contributed by atoms with E-state index >= 15 is 0 Å². The van der Waals surface area contributed by atoms with Gasteiger partial charge in [-0.05, 0) is 36.5 Å². The number of rotatable bonds is 2. The second-order valence-corrected chi connectivity index (χ2v) is 8.75. The van der Waals surface area contributed by atoms with E-state index in [0.717, 1.165) is 50.9 Å². The molecular weight excluding hydrogens is 356 g/mol. The molecule has 0 bridgehead atoms. The zero-order valence-corrected chi connectivity index (χ0v) is 16.8. The van der Waals surface area contributed by atoms with Crippen molar-refractivity contribution in [1.29, 1.82) is 0 Å². The number of fused-ring (bicyclic) bond motifs is 3. The lowest BCUT2D eigenvalue weighted by atomic mass is 9.86. The van der Waals surface area contributed by atoms with Gasteiger partial charge in [-0.1, -0.05) is 73.9 Å². The summed E-state index contributed by atoms with van der Waals surface area (Å²) in [5, 5.41) is 4.99. The van der Waals surface area contributed by atoms with E-state index in [1.54, 1.807) is 0 Å². The number of hydrogen-bond donors (Lipinski definition) is 0. The summed E-state index contributed by atoms with van der Waals surface area (Å²) in [6.07, 6.45) is 0.875. The molecule has 4 heteroatoms. The molecule has 27 heavy (non-hydrogen) atoms. The molecule has 2 heterocycles. The van der Waals surface area contributed by atoms with Crippen LogP contribution in [-0.4, -0.2) is 10.9 Å². The van der Waals surface area contributed by atoms with Gasteiger partial charge in [0.2, 0.25) is 0 Å². The summed E-state index contributed by atoms with van der Waals surface area (Å²) in [6.45, 7) is 8.68. The standard InChI is InChI=1S/C23H23ClN2O/c1-14-20-17-7-5-6-8-18(17)21(15-9-11-16(24)12-10-15)25-19(13-23(2,3)4)22(20)27-26-14/h5-12,19H,13H2,1-4H3/t19-/m0/s1. The van der Waals surface area contributed by atoms with Gasteiger partial charge < -0.3 is 4.52 Å². The van der Waals surface area contributed by atoms with Crippen LogP contribution in [0.5, 0.6) is 0 Å². The summed E-state index contributed by atoms with van der Waals surface area (Å²) in [4.78, 5) is 5.20. The van der Waals surface area contributed by atoms with Crippen molar-refractivity contribution in [3.63, 3.8) is 0 Å². The van der Waals surface area contributed by atoms with Crippen LogP contribution in [0.3, 0.4) is 0 Å². The van der Waals surface area contributed by atoms with E-state index in [9.17, 15) is 0 Å². The van der Waals surface area contributed by atoms with Gasteiger partial charge in [-0.3, -0.25) is 4.99 Å². The molecule has 3 aromatic rings. The van der Waals surface area contributed by atoms with Crippen LogP contribution in [0.2, 0.25) is 5.02 Å². The third kappa shape index (κ3) is 3.44. The first kappa shape index (κ1) is 18.0. The number of halogens is 1. The predicted molar refractivity (Wildman–Crippen MR) is 111 cm³/mol. The minimum Gasteiger partial charge on any atom is -0.358 e. The molecule has 1 atom stereocenters. The van der Waals surface area contributed by atoms with Crippen LogP contribution in [0, 0.1) is 12.3 Å². The highest BCUT2D eigenvalue weighted by atomic mass is 35.5. The van der Waals surface area contributed by atoms with E-state index in [-0.39, 0.29) is 11.5 Å². The summed E-state index contributed by atoms with van der Waals surface area (Å²) < 4.78 is 5.81. The van der Waals surface area contributed by atoms with Crippen molar-refractivity contribution in [2.24, 2.45) is 10.4 Å². The fourth-order valence-electron chi connectivity index (χ4n) is 3.69. The van der Waals surface area contributed by atoms with E-state index in [2.05, 4.69) is 50.2 Å². The lowest BCUT2D eigenvalue weighted by Crippen LogP contribution is -2.12. The highest BCUT2D eigenvalue weighted by Crippen LogP contribution is 2.43. The summed E-state index contributed by atoms with van der Waals surface area (Å²) >= 11 is 6.11. The monoisotopic (exact) mass is 378 g/mol. The SMILES string of the molecule is Cc1noc2c1-c1ccccc1C(c1ccc(Cl)cc1)=N[C@H]2CC(C)(C)C. The molecule has 2 aromatic carbocycles. The van der Waals surface area contributed by atoms with Gasteiger partial charge in [0, 0.05) is 16.1 Å². The highest BCUT2D eigenvalue weighted by Gasteiger charge is 2.32. The van der Waals surface area contributed by atoms with Crippen LogP contribution in [0.25, 0.3) is 11.1 Å². The van der Waals surface area contributed by atoms with Gasteiger partial charge in [-0.2, -0.15) is 0 Å². The van der Waals surface area contributed by atoms with E-state index < -0.39 is 0 Å². The molecule has 0 radical (unpaired) electrons. The molecular formula is C23H23ClN2O. The summed E-state index contributed by atoms with van der Waals surface area (Å²) in [5.74, 6) is 0.860. The maximum Gasteiger partial charge on any atom is 0.169 e. The Morgan fingerprint density at radius 3 is 2.33 bits per heavy atom. The molecule has 0 saturated heterocycles. The number of hydrogen-bond acceptors (Lipinski definition) is 3. The van der Waals surface area contributed by atoms with Crippen LogP contribution in [0.1, 0.15) is 55.8 Å². The van der Waals surface area contributed by atoms with Crippen molar-refractivity contribution in [2.45, 2.75) is 40.2 Å². The number of aromatic nitrogens is 1. The molecule has 0 aliphatic carbocycles. The molecule has 1 aromatic heterocycles. The van der Waals surface area contributed by atoms with E-state index in [4.69, 9.17) is 21.1 Å². The van der Waals surface area contributed by atoms with Crippen LogP contribution in [0.15, 0.2) is 58.0 Å². The van der Waals surface area contributed by atoms with Gasteiger partial charge in [-0.15, -0.1) is 0 Å². The minimum absolute atomic E-state index is 0.0840. The van der Waals surface area contributed by atoms with E-state index in [1.165, 1.54) is 0 Å². The van der Waals surface area contributed by atoms with Crippen molar-refractivity contribution >= 4 is 17.3 Å². The van der Waals surface area contributed by atoms with Crippen molar-refractivity contribution in [3.05, 3.63) is 76.1 Å². The van der Waals surface area contributed by atoms with Crippen molar-refractivity contribution in [2.75, 3.05) is 0 Å². The molecule has 0 saturated carbocycles. The first-order valence-corrected chi connectivity index (χ1v) is 9.61. The van der Waals surface area contributed by atoms with Gasteiger partial charge in [0.25, 0.3) is 0 Å². The van der Waals surface area contributed by atoms with Gasteiger partial charge in [0.1, 0.15) is 6.04 Å². The largest absolute Gasteiger partial charge is 0.358 e. The summed E-state index contributed by atoms with van der Waals surface area (Å²) in [6, 6.07) is 16.2. The number of benzene rings is 2. The second-order valence-electron chi connectivity index (χ2n) is 8.32. The van der Waals surface area contributed by atoms with Gasteiger partial charge in [0.05, 0.1) is 17.0 Å². The Hall–Kier alpha value is -2.39. The topological polar surface area (TPSA) is 38.4 Å². The zero-order chi connectivity index (χ0) is 19.2. The fourth-order valence-corrected chi connectivity index (χ4v) is 3.82. The summed E-state index contributed by atoms with van der Waals surface area (Å²) in [5.41, 5.74) is 6.34. The smallest absolute Gasteiger partial charge is 0.169 e. The van der Waals surface area contributed by atoms with Crippen molar-refractivity contribution in [3.8, 4) is 11.1 Å². The van der Waals surface area contributed by atoms with Gasteiger partial charge in [-0.25, -0.2) is 0 Å². The van der Waals surface area contributed by atoms with Crippen LogP contribution >= 0.6 is 11.6 Å². The number of aliphatic imine (C=N–C) groups is 1. The van der Waals surface area contributed by atoms with Crippen molar-refractivity contribution < 1.29 is 4.52 Å². The van der Waals surface area contributed by atoms with Gasteiger partial charge >= 0.3 is 0 Å².